The highest BCUT2D eigenvalue weighted by atomic mass is 35.5. The number of anilines is 1. The lowest BCUT2D eigenvalue weighted by Crippen LogP contribution is -2.40. The number of hydrogen-bond donors (Lipinski definition) is 1. The molecule has 1 N–H and O–H groups in total. The van der Waals surface area contributed by atoms with Crippen molar-refractivity contribution in [2.75, 3.05) is 38.2 Å². The number of rotatable bonds is 7. The summed E-state index contributed by atoms with van der Waals surface area (Å²) in [5.41, 5.74) is 1.49. The quantitative estimate of drug-likeness (QED) is 0.718. The summed E-state index contributed by atoms with van der Waals surface area (Å²) < 4.78 is 37.8. The summed E-state index contributed by atoms with van der Waals surface area (Å²) >= 11 is 6.13. The van der Waals surface area contributed by atoms with Crippen LogP contribution in [-0.4, -0.2) is 51.5 Å². The molecule has 0 aliphatic carbocycles. The number of amides is 1. The van der Waals surface area contributed by atoms with Crippen molar-refractivity contribution in [1.29, 1.82) is 0 Å². The second-order valence-corrected chi connectivity index (χ2v) is 8.93. The van der Waals surface area contributed by atoms with Crippen molar-refractivity contribution < 1.29 is 22.7 Å². The number of nitrogens with one attached hydrogen (secondary N) is 1. The van der Waals surface area contributed by atoms with Gasteiger partial charge in [-0.25, -0.2) is 8.42 Å². The first-order chi connectivity index (χ1) is 13.9. The number of hydrogen-bond acceptors (Lipinski definition) is 5. The summed E-state index contributed by atoms with van der Waals surface area (Å²) in [7, 11) is -3.76. The van der Waals surface area contributed by atoms with E-state index in [1.54, 1.807) is 6.07 Å². The minimum Gasteiger partial charge on any atom is -0.493 e. The van der Waals surface area contributed by atoms with E-state index >= 15 is 0 Å². The van der Waals surface area contributed by atoms with E-state index in [1.165, 1.54) is 16.4 Å². The number of halogens is 1. The molecule has 2 aromatic rings. The van der Waals surface area contributed by atoms with Gasteiger partial charge in [0.15, 0.2) is 0 Å². The van der Waals surface area contributed by atoms with E-state index < -0.39 is 10.0 Å². The molecule has 29 heavy (non-hydrogen) atoms. The standard InChI is InChI=1S/C20H23ClN2O5S/c1-15-2-5-17(6-3-15)28-11-8-20(24)22-16-4-7-18(21)19(14-16)29(25,26)23-9-12-27-13-10-23/h2-7,14H,8-13H2,1H3,(H,22,24). The van der Waals surface area contributed by atoms with Gasteiger partial charge in [0.25, 0.3) is 0 Å². The SMILES string of the molecule is Cc1ccc(OCCC(=O)Nc2ccc(Cl)c(S(=O)(=O)N3CCOCC3)c2)cc1. The number of aryl methyl sites for hydroxylation is 1. The van der Waals surface area contributed by atoms with Gasteiger partial charge in [-0.2, -0.15) is 4.31 Å². The van der Waals surface area contributed by atoms with Crippen molar-refractivity contribution >= 4 is 33.2 Å². The van der Waals surface area contributed by atoms with Gasteiger partial charge in [-0.15, -0.1) is 0 Å². The average Bonchev–Trinajstić information content (AvgIpc) is 2.71. The Morgan fingerprint density at radius 1 is 1.17 bits per heavy atom. The van der Waals surface area contributed by atoms with Crippen molar-refractivity contribution in [1.82, 2.24) is 4.31 Å². The summed E-state index contributed by atoms with van der Waals surface area (Å²) in [5.74, 6) is 0.405. The van der Waals surface area contributed by atoms with Crippen molar-refractivity contribution in [3.8, 4) is 5.75 Å². The van der Waals surface area contributed by atoms with Crippen molar-refractivity contribution in [3.63, 3.8) is 0 Å². The maximum absolute atomic E-state index is 12.9. The maximum atomic E-state index is 12.9. The molecule has 2 aromatic carbocycles. The van der Waals surface area contributed by atoms with Gasteiger partial charge in [-0.05, 0) is 37.3 Å². The van der Waals surface area contributed by atoms with Crippen molar-refractivity contribution in [2.24, 2.45) is 0 Å². The molecular formula is C20H23ClN2O5S. The Bertz CT molecular complexity index is 957. The van der Waals surface area contributed by atoms with Crippen LogP contribution < -0.4 is 10.1 Å². The molecule has 1 aliphatic rings. The lowest BCUT2D eigenvalue weighted by atomic mass is 10.2. The Morgan fingerprint density at radius 2 is 1.86 bits per heavy atom. The highest BCUT2D eigenvalue weighted by molar-refractivity contribution is 7.89. The summed E-state index contributed by atoms with van der Waals surface area (Å²) in [5, 5.41) is 2.80. The van der Waals surface area contributed by atoms with Gasteiger partial charge in [-0.1, -0.05) is 29.3 Å². The van der Waals surface area contributed by atoms with Crippen LogP contribution in [0.1, 0.15) is 12.0 Å². The van der Waals surface area contributed by atoms with E-state index in [9.17, 15) is 13.2 Å². The molecular weight excluding hydrogens is 416 g/mol. The smallest absolute Gasteiger partial charge is 0.244 e. The summed E-state index contributed by atoms with van der Waals surface area (Å²) in [6.07, 6.45) is 0.127. The lowest BCUT2D eigenvalue weighted by Gasteiger charge is -2.26. The van der Waals surface area contributed by atoms with Crippen molar-refractivity contribution in [2.45, 2.75) is 18.2 Å². The fourth-order valence-corrected chi connectivity index (χ4v) is 4.73. The number of nitrogens with zero attached hydrogens (tertiary/aromatic N) is 1. The van der Waals surface area contributed by atoms with Crippen molar-refractivity contribution in [3.05, 3.63) is 53.1 Å². The highest BCUT2D eigenvalue weighted by Gasteiger charge is 2.28. The van der Waals surface area contributed by atoms with Crippen LogP contribution in [0.25, 0.3) is 0 Å². The molecule has 1 saturated heterocycles. The van der Waals surface area contributed by atoms with E-state index in [0.29, 0.717) is 24.7 Å². The second-order valence-electron chi connectivity index (χ2n) is 6.62. The van der Waals surface area contributed by atoms with E-state index in [4.69, 9.17) is 21.1 Å². The van der Waals surface area contributed by atoms with Crippen LogP contribution in [0.4, 0.5) is 5.69 Å². The van der Waals surface area contributed by atoms with Gasteiger partial charge in [0.2, 0.25) is 15.9 Å². The molecule has 1 fully saturated rings. The van der Waals surface area contributed by atoms with Gasteiger partial charge in [0, 0.05) is 18.8 Å². The maximum Gasteiger partial charge on any atom is 0.244 e. The van der Waals surface area contributed by atoms with E-state index in [-0.39, 0.29) is 41.9 Å². The van der Waals surface area contributed by atoms with Crippen LogP contribution in [0.3, 0.4) is 0 Å². The molecule has 0 spiro atoms. The van der Waals surface area contributed by atoms with Crippen LogP contribution in [0.2, 0.25) is 5.02 Å². The molecule has 0 unspecified atom stereocenters. The first kappa shape index (κ1) is 21.6. The number of carbonyl (C=O) groups is 1. The third kappa shape index (κ3) is 5.70. The zero-order valence-corrected chi connectivity index (χ0v) is 17.6. The molecule has 0 radical (unpaired) electrons. The zero-order chi connectivity index (χ0) is 20.9. The Balaban J connectivity index is 1.61. The van der Waals surface area contributed by atoms with E-state index in [0.717, 1.165) is 5.56 Å². The van der Waals surface area contributed by atoms with Gasteiger partial charge in [-0.3, -0.25) is 4.79 Å². The summed E-state index contributed by atoms with van der Waals surface area (Å²) in [4.78, 5) is 12.2. The first-order valence-electron chi connectivity index (χ1n) is 9.23. The topological polar surface area (TPSA) is 84.9 Å². The molecule has 1 heterocycles. The molecule has 1 aliphatic heterocycles. The molecule has 0 saturated carbocycles. The Hall–Kier alpha value is -2.13. The Morgan fingerprint density at radius 3 is 2.55 bits per heavy atom. The highest BCUT2D eigenvalue weighted by Crippen LogP contribution is 2.28. The molecule has 0 aromatic heterocycles. The molecule has 7 nitrogen and oxygen atoms in total. The predicted octanol–water partition coefficient (Wildman–Crippen LogP) is 3.08. The van der Waals surface area contributed by atoms with E-state index in [1.807, 2.05) is 31.2 Å². The summed E-state index contributed by atoms with van der Waals surface area (Å²) in [6, 6.07) is 12.0. The summed E-state index contributed by atoms with van der Waals surface area (Å²) in [6.45, 7) is 3.41. The monoisotopic (exact) mass is 438 g/mol. The number of carbonyl (C=O) groups excluding carboxylic acids is 1. The fourth-order valence-electron chi connectivity index (χ4n) is 2.82. The van der Waals surface area contributed by atoms with Crippen LogP contribution in [0.5, 0.6) is 5.75 Å². The fraction of sp³-hybridized carbons (Fsp3) is 0.350. The number of benzene rings is 2. The molecule has 0 bridgehead atoms. The molecule has 9 heteroatoms. The first-order valence-corrected chi connectivity index (χ1v) is 11.0. The minimum atomic E-state index is -3.76. The van der Waals surface area contributed by atoms with E-state index in [2.05, 4.69) is 5.32 Å². The lowest BCUT2D eigenvalue weighted by molar-refractivity contribution is -0.116. The Kier molecular flexibility index (Phi) is 7.13. The number of ether oxygens (including phenoxy) is 2. The molecule has 0 atom stereocenters. The van der Waals surface area contributed by atoms with Gasteiger partial charge < -0.3 is 14.8 Å². The molecule has 156 valence electrons. The van der Waals surface area contributed by atoms with Gasteiger partial charge in [0.05, 0.1) is 31.3 Å². The average molecular weight is 439 g/mol. The van der Waals surface area contributed by atoms with Crippen LogP contribution in [0.15, 0.2) is 47.4 Å². The minimum absolute atomic E-state index is 0.0326. The Labute approximate surface area is 175 Å². The number of sulfonamides is 1. The van der Waals surface area contributed by atoms with Crippen LogP contribution in [0, 0.1) is 6.92 Å². The third-order valence-electron chi connectivity index (χ3n) is 4.42. The normalized spacial score (nSPS) is 15.1. The number of morpholine rings is 1. The largest absolute Gasteiger partial charge is 0.493 e. The van der Waals surface area contributed by atoms with Crippen LogP contribution in [-0.2, 0) is 19.6 Å². The second kappa shape index (κ2) is 9.58. The third-order valence-corrected chi connectivity index (χ3v) is 6.80. The molecule has 3 rings (SSSR count). The van der Waals surface area contributed by atoms with Crippen LogP contribution >= 0.6 is 11.6 Å². The molecule has 1 amide bonds. The predicted molar refractivity (Wildman–Crippen MR) is 111 cm³/mol. The van der Waals surface area contributed by atoms with Gasteiger partial charge >= 0.3 is 0 Å². The zero-order valence-electron chi connectivity index (χ0n) is 16.1. The van der Waals surface area contributed by atoms with Gasteiger partial charge in [0.1, 0.15) is 10.6 Å².